The monoisotopic (exact) mass is 155 g/mol. The van der Waals surface area contributed by atoms with Crippen LogP contribution >= 0.6 is 0 Å². The van der Waals surface area contributed by atoms with Gasteiger partial charge in [-0.3, -0.25) is 0 Å². The summed E-state index contributed by atoms with van der Waals surface area (Å²) >= 11 is 0. The summed E-state index contributed by atoms with van der Waals surface area (Å²) in [7, 11) is 1.31. The van der Waals surface area contributed by atoms with Crippen LogP contribution in [0.2, 0.25) is 0 Å². The fourth-order valence-corrected chi connectivity index (χ4v) is 0.570. The minimum absolute atomic E-state index is 0.414. The van der Waals surface area contributed by atoms with Crippen LogP contribution in [0.3, 0.4) is 0 Å². The average molecular weight is 155 g/mol. The van der Waals surface area contributed by atoms with Crippen molar-refractivity contribution >= 4 is 5.97 Å². The molecule has 0 aliphatic carbocycles. The van der Waals surface area contributed by atoms with Gasteiger partial charge in [-0.25, -0.2) is 4.79 Å². The molecular formula is C8H13NO2. The molecule has 0 aliphatic rings. The molecule has 0 aromatic rings. The van der Waals surface area contributed by atoms with E-state index in [2.05, 4.69) is 4.74 Å². The first kappa shape index (κ1) is 9.75. The Bertz CT molecular complexity index is 200. The second-order valence-corrected chi connectivity index (χ2v) is 2.39. The van der Waals surface area contributed by atoms with Gasteiger partial charge in [0.2, 0.25) is 0 Å². The molecular weight excluding hydrogens is 142 g/mol. The van der Waals surface area contributed by atoms with Gasteiger partial charge in [0, 0.05) is 11.8 Å². The molecule has 3 nitrogen and oxygen atoms in total. The lowest BCUT2D eigenvalue weighted by Crippen LogP contribution is -2.01. The van der Waals surface area contributed by atoms with E-state index in [1.807, 2.05) is 13.8 Å². The van der Waals surface area contributed by atoms with Crippen LogP contribution in [0.25, 0.3) is 0 Å². The normalized spacial score (nSPS) is 10.6. The summed E-state index contributed by atoms with van der Waals surface area (Å²) in [6, 6.07) is 0. The lowest BCUT2D eigenvalue weighted by atomic mass is 10.2. The SMILES string of the molecule is COC(=O)/C=C(\N)C=C(C)C. The molecule has 0 fully saturated rings. The molecule has 0 saturated heterocycles. The van der Waals surface area contributed by atoms with E-state index in [4.69, 9.17) is 5.73 Å². The molecule has 0 saturated carbocycles. The molecule has 0 radical (unpaired) electrons. The quantitative estimate of drug-likeness (QED) is 0.367. The molecule has 0 rings (SSSR count). The molecule has 0 unspecified atom stereocenters. The summed E-state index contributed by atoms with van der Waals surface area (Å²) in [5.74, 6) is -0.431. The predicted octanol–water partition coefficient (Wildman–Crippen LogP) is 0.968. The van der Waals surface area contributed by atoms with Gasteiger partial charge in [0.15, 0.2) is 0 Å². The fourth-order valence-electron chi connectivity index (χ4n) is 0.570. The Balaban J connectivity index is 4.23. The fraction of sp³-hybridized carbons (Fsp3) is 0.375. The Morgan fingerprint density at radius 1 is 1.36 bits per heavy atom. The van der Waals surface area contributed by atoms with E-state index in [0.717, 1.165) is 5.57 Å². The molecule has 0 amide bonds. The van der Waals surface area contributed by atoms with Gasteiger partial charge in [-0.2, -0.15) is 0 Å². The van der Waals surface area contributed by atoms with Gasteiger partial charge in [-0.05, 0) is 19.9 Å². The third kappa shape index (κ3) is 5.21. The van der Waals surface area contributed by atoms with Crippen molar-refractivity contribution in [3.63, 3.8) is 0 Å². The Morgan fingerprint density at radius 3 is 2.27 bits per heavy atom. The van der Waals surface area contributed by atoms with Crippen LogP contribution in [0, 0.1) is 0 Å². The lowest BCUT2D eigenvalue weighted by molar-refractivity contribution is -0.134. The third-order valence-corrected chi connectivity index (χ3v) is 0.941. The molecule has 0 aromatic carbocycles. The summed E-state index contributed by atoms with van der Waals surface area (Å²) in [6.45, 7) is 3.80. The van der Waals surface area contributed by atoms with Crippen molar-refractivity contribution in [2.24, 2.45) is 5.73 Å². The van der Waals surface area contributed by atoms with Crippen molar-refractivity contribution in [1.82, 2.24) is 0 Å². The molecule has 62 valence electrons. The van der Waals surface area contributed by atoms with E-state index in [0.29, 0.717) is 5.70 Å². The van der Waals surface area contributed by atoms with Gasteiger partial charge in [-0.15, -0.1) is 0 Å². The lowest BCUT2D eigenvalue weighted by Gasteiger charge is -1.93. The summed E-state index contributed by atoms with van der Waals surface area (Å²) < 4.78 is 4.38. The van der Waals surface area contributed by atoms with Gasteiger partial charge in [0.05, 0.1) is 7.11 Å². The Morgan fingerprint density at radius 2 is 1.91 bits per heavy atom. The zero-order valence-electron chi connectivity index (χ0n) is 7.05. The minimum atomic E-state index is -0.431. The van der Waals surface area contributed by atoms with Crippen LogP contribution in [0.4, 0.5) is 0 Å². The second-order valence-electron chi connectivity index (χ2n) is 2.39. The van der Waals surface area contributed by atoms with Crippen LogP contribution in [0.5, 0.6) is 0 Å². The molecule has 3 heteroatoms. The van der Waals surface area contributed by atoms with E-state index >= 15 is 0 Å². The number of hydrogen-bond acceptors (Lipinski definition) is 3. The van der Waals surface area contributed by atoms with Crippen molar-refractivity contribution in [3.8, 4) is 0 Å². The largest absolute Gasteiger partial charge is 0.466 e. The highest BCUT2D eigenvalue weighted by atomic mass is 16.5. The summed E-state index contributed by atoms with van der Waals surface area (Å²) in [6.07, 6.45) is 2.95. The van der Waals surface area contributed by atoms with E-state index in [-0.39, 0.29) is 0 Å². The minimum Gasteiger partial charge on any atom is -0.466 e. The van der Waals surface area contributed by atoms with Crippen LogP contribution < -0.4 is 5.73 Å². The molecule has 0 atom stereocenters. The maximum Gasteiger partial charge on any atom is 0.332 e. The standard InChI is InChI=1S/C8H13NO2/c1-6(2)4-7(9)5-8(10)11-3/h4-5H,9H2,1-3H3/b7-5-. The molecule has 0 bridgehead atoms. The number of carbonyl (C=O) groups is 1. The molecule has 0 aliphatic heterocycles. The van der Waals surface area contributed by atoms with Crippen molar-refractivity contribution in [3.05, 3.63) is 23.4 Å². The Hall–Kier alpha value is -1.25. The summed E-state index contributed by atoms with van der Waals surface area (Å²) in [5.41, 5.74) is 6.89. The van der Waals surface area contributed by atoms with Gasteiger partial charge in [0.1, 0.15) is 0 Å². The van der Waals surface area contributed by atoms with Crippen LogP contribution in [-0.4, -0.2) is 13.1 Å². The van der Waals surface area contributed by atoms with Gasteiger partial charge in [-0.1, -0.05) is 5.57 Å². The number of allylic oxidation sites excluding steroid dienone is 2. The first-order chi connectivity index (χ1) is 5.06. The van der Waals surface area contributed by atoms with Crippen LogP contribution in [0.15, 0.2) is 23.4 Å². The van der Waals surface area contributed by atoms with Gasteiger partial charge >= 0.3 is 5.97 Å². The van der Waals surface area contributed by atoms with E-state index in [9.17, 15) is 4.79 Å². The average Bonchev–Trinajstić information content (AvgIpc) is 1.85. The predicted molar refractivity (Wildman–Crippen MR) is 43.7 cm³/mol. The Labute approximate surface area is 66.5 Å². The number of carbonyl (C=O) groups excluding carboxylic acids is 1. The van der Waals surface area contributed by atoms with Crippen molar-refractivity contribution < 1.29 is 9.53 Å². The number of hydrogen-bond donors (Lipinski definition) is 1. The number of methoxy groups -OCH3 is 1. The van der Waals surface area contributed by atoms with E-state index < -0.39 is 5.97 Å². The second kappa shape index (κ2) is 4.55. The molecule has 0 aromatic heterocycles. The first-order valence-corrected chi connectivity index (χ1v) is 3.26. The van der Waals surface area contributed by atoms with Crippen molar-refractivity contribution in [1.29, 1.82) is 0 Å². The van der Waals surface area contributed by atoms with Crippen molar-refractivity contribution in [2.45, 2.75) is 13.8 Å². The molecule has 0 heterocycles. The summed E-state index contributed by atoms with van der Waals surface area (Å²) in [5, 5.41) is 0. The highest BCUT2D eigenvalue weighted by molar-refractivity contribution is 5.83. The maximum atomic E-state index is 10.6. The molecule has 11 heavy (non-hydrogen) atoms. The zero-order valence-corrected chi connectivity index (χ0v) is 7.05. The van der Waals surface area contributed by atoms with Crippen molar-refractivity contribution in [2.75, 3.05) is 7.11 Å². The van der Waals surface area contributed by atoms with E-state index in [1.165, 1.54) is 13.2 Å². The number of rotatable bonds is 2. The number of ether oxygens (including phenoxy) is 1. The number of nitrogens with two attached hydrogens (primary N) is 1. The third-order valence-electron chi connectivity index (χ3n) is 0.941. The number of esters is 1. The molecule has 2 N–H and O–H groups in total. The van der Waals surface area contributed by atoms with Gasteiger partial charge in [0.25, 0.3) is 0 Å². The van der Waals surface area contributed by atoms with Crippen LogP contribution in [-0.2, 0) is 9.53 Å². The Kier molecular flexibility index (Phi) is 4.03. The topological polar surface area (TPSA) is 52.3 Å². The van der Waals surface area contributed by atoms with Gasteiger partial charge < -0.3 is 10.5 Å². The summed E-state index contributed by atoms with van der Waals surface area (Å²) in [4.78, 5) is 10.6. The highest BCUT2D eigenvalue weighted by Crippen LogP contribution is 1.95. The van der Waals surface area contributed by atoms with Crippen LogP contribution in [0.1, 0.15) is 13.8 Å². The smallest absolute Gasteiger partial charge is 0.332 e. The first-order valence-electron chi connectivity index (χ1n) is 3.26. The highest BCUT2D eigenvalue weighted by Gasteiger charge is 1.93. The molecule has 0 spiro atoms. The van der Waals surface area contributed by atoms with E-state index in [1.54, 1.807) is 6.08 Å². The zero-order chi connectivity index (χ0) is 8.85. The maximum absolute atomic E-state index is 10.6.